The molecule has 3 rings (SSSR count). The van der Waals surface area contributed by atoms with Crippen molar-refractivity contribution < 1.29 is 26.0 Å². The van der Waals surface area contributed by atoms with E-state index in [1.54, 1.807) is 24.3 Å². The van der Waals surface area contributed by atoms with Gasteiger partial charge in [-0.1, -0.05) is 36.4 Å². The number of rotatable bonds is 4. The van der Waals surface area contributed by atoms with E-state index in [1.807, 2.05) is 0 Å². The van der Waals surface area contributed by atoms with Gasteiger partial charge in [-0.25, -0.2) is 8.42 Å². The van der Waals surface area contributed by atoms with Crippen LogP contribution in [0, 0.1) is 5.92 Å². The lowest BCUT2D eigenvalue weighted by atomic mass is 9.94. The average Bonchev–Trinajstić information content (AvgIpc) is 3.05. The van der Waals surface area contributed by atoms with Crippen molar-refractivity contribution in [2.45, 2.75) is 11.1 Å². The quantitative estimate of drug-likeness (QED) is 0.668. The van der Waals surface area contributed by atoms with Crippen molar-refractivity contribution in [1.29, 1.82) is 0 Å². The van der Waals surface area contributed by atoms with Gasteiger partial charge in [-0.2, -0.15) is 13.2 Å². The minimum absolute atomic E-state index is 0.159. The van der Waals surface area contributed by atoms with E-state index in [-0.39, 0.29) is 4.90 Å². The third kappa shape index (κ3) is 4.13. The molecule has 0 N–H and O–H groups in total. The minimum atomic E-state index is -4.43. The van der Waals surface area contributed by atoms with E-state index >= 15 is 0 Å². The van der Waals surface area contributed by atoms with Crippen LogP contribution in [0.5, 0.6) is 0 Å². The zero-order chi connectivity index (χ0) is 19.8. The van der Waals surface area contributed by atoms with E-state index in [0.29, 0.717) is 22.3 Å². The van der Waals surface area contributed by atoms with Gasteiger partial charge in [0.2, 0.25) is 0 Å². The number of halogens is 4. The predicted molar refractivity (Wildman–Crippen MR) is 96.4 cm³/mol. The molecule has 0 heterocycles. The van der Waals surface area contributed by atoms with Gasteiger partial charge in [-0.05, 0) is 46.5 Å². The summed E-state index contributed by atoms with van der Waals surface area (Å²) < 4.78 is 74.7. The summed E-state index contributed by atoms with van der Waals surface area (Å²) in [5.74, 6) is -0.480. The Morgan fingerprint density at radius 2 is 1.30 bits per heavy atom. The number of benzene rings is 2. The number of hydrogen-bond acceptors (Lipinski definition) is 2. The van der Waals surface area contributed by atoms with Crippen LogP contribution < -0.4 is 0 Å². The molecular weight excluding hydrogens is 380 g/mol. The lowest BCUT2D eigenvalue weighted by Crippen LogP contribution is -2.04. The van der Waals surface area contributed by atoms with E-state index in [0.717, 1.165) is 18.4 Å². The Bertz CT molecular complexity index is 999. The standard InChI is InChI=1S/C20H16F4O2S/c1-27(25,26)17-8-4-15(5-9-17)19-11-13(12-21)10-18(19)14-2-6-16(7-3-14)20(22,23)24/h2-11,13H,12H2,1H3. The van der Waals surface area contributed by atoms with Crippen LogP contribution >= 0.6 is 0 Å². The molecule has 0 aliphatic heterocycles. The summed E-state index contributed by atoms with van der Waals surface area (Å²) in [6.45, 7) is -0.630. The molecule has 0 fully saturated rings. The van der Waals surface area contributed by atoms with Gasteiger partial charge in [-0.3, -0.25) is 4.39 Å². The lowest BCUT2D eigenvalue weighted by molar-refractivity contribution is -0.137. The summed E-state index contributed by atoms with van der Waals surface area (Å²) in [5, 5.41) is 0. The molecule has 0 saturated carbocycles. The van der Waals surface area contributed by atoms with Gasteiger partial charge in [0.1, 0.15) is 0 Å². The van der Waals surface area contributed by atoms with Gasteiger partial charge in [0.15, 0.2) is 9.84 Å². The summed E-state index contributed by atoms with van der Waals surface area (Å²) in [6, 6.07) is 10.8. The van der Waals surface area contributed by atoms with Gasteiger partial charge in [0, 0.05) is 12.2 Å². The van der Waals surface area contributed by atoms with Crippen LogP contribution in [0.25, 0.3) is 11.1 Å². The lowest BCUT2D eigenvalue weighted by Gasteiger charge is -2.12. The van der Waals surface area contributed by atoms with Gasteiger partial charge >= 0.3 is 6.18 Å². The molecule has 0 amide bonds. The third-order valence-electron chi connectivity index (χ3n) is 4.35. The highest BCUT2D eigenvalue weighted by molar-refractivity contribution is 7.90. The maximum absolute atomic E-state index is 13.2. The SMILES string of the molecule is CS(=O)(=O)c1ccc(C2=CC(CF)C=C2c2ccc(C(F)(F)F)cc2)cc1. The van der Waals surface area contributed by atoms with Gasteiger partial charge in [0.25, 0.3) is 0 Å². The predicted octanol–water partition coefficient (Wildman–Crippen LogP) is 5.18. The Hall–Kier alpha value is -2.41. The second-order valence-corrected chi connectivity index (χ2v) is 8.37. The molecule has 27 heavy (non-hydrogen) atoms. The molecular formula is C20H16F4O2S. The highest BCUT2D eigenvalue weighted by Crippen LogP contribution is 2.40. The second-order valence-electron chi connectivity index (χ2n) is 6.35. The fraction of sp³-hybridized carbons (Fsp3) is 0.200. The second kappa shape index (κ2) is 6.96. The fourth-order valence-electron chi connectivity index (χ4n) is 2.97. The summed E-state index contributed by atoms with van der Waals surface area (Å²) in [4.78, 5) is 0.159. The number of hydrogen-bond donors (Lipinski definition) is 0. The summed E-state index contributed by atoms with van der Waals surface area (Å²) in [6.07, 6.45) is 0.0403. The van der Waals surface area contributed by atoms with Crippen LogP contribution in [0.15, 0.2) is 65.6 Å². The maximum Gasteiger partial charge on any atom is 0.416 e. The maximum atomic E-state index is 13.2. The Balaban J connectivity index is 1.98. The summed E-state index contributed by atoms with van der Waals surface area (Å²) in [7, 11) is -3.34. The first-order valence-corrected chi connectivity index (χ1v) is 9.97. The normalized spacial score (nSPS) is 17.6. The molecule has 0 bridgehead atoms. The Morgan fingerprint density at radius 3 is 1.67 bits per heavy atom. The first-order valence-electron chi connectivity index (χ1n) is 8.07. The summed E-state index contributed by atoms with van der Waals surface area (Å²) >= 11 is 0. The molecule has 7 heteroatoms. The summed E-state index contributed by atoms with van der Waals surface area (Å²) in [5.41, 5.74) is 1.74. The van der Waals surface area contributed by atoms with Crippen molar-refractivity contribution in [1.82, 2.24) is 0 Å². The fourth-order valence-corrected chi connectivity index (χ4v) is 3.60. The van der Waals surface area contributed by atoms with E-state index in [2.05, 4.69) is 0 Å². The van der Waals surface area contributed by atoms with Crippen molar-refractivity contribution >= 4 is 21.0 Å². The minimum Gasteiger partial charge on any atom is -0.250 e. The van der Waals surface area contributed by atoms with Crippen molar-refractivity contribution in [3.05, 3.63) is 77.4 Å². The van der Waals surface area contributed by atoms with Crippen molar-refractivity contribution in [3.8, 4) is 0 Å². The monoisotopic (exact) mass is 396 g/mol. The molecule has 1 atom stereocenters. The smallest absolute Gasteiger partial charge is 0.250 e. The van der Waals surface area contributed by atoms with Gasteiger partial charge in [0.05, 0.1) is 17.1 Å². The zero-order valence-electron chi connectivity index (χ0n) is 14.3. The van der Waals surface area contributed by atoms with Crippen molar-refractivity contribution in [3.63, 3.8) is 0 Å². The molecule has 0 spiro atoms. The molecule has 1 aliphatic carbocycles. The molecule has 0 radical (unpaired) electrons. The van der Waals surface area contributed by atoms with Crippen LogP contribution in [-0.2, 0) is 16.0 Å². The molecule has 2 aromatic rings. The number of alkyl halides is 4. The molecule has 0 saturated heterocycles. The van der Waals surface area contributed by atoms with E-state index in [1.165, 1.54) is 24.3 Å². The molecule has 2 nitrogen and oxygen atoms in total. The Labute approximate surface area is 154 Å². The van der Waals surface area contributed by atoms with E-state index in [9.17, 15) is 26.0 Å². The van der Waals surface area contributed by atoms with Crippen LogP contribution in [0.4, 0.5) is 17.6 Å². The average molecular weight is 396 g/mol. The van der Waals surface area contributed by atoms with E-state index < -0.39 is 34.2 Å². The molecule has 142 valence electrons. The van der Waals surface area contributed by atoms with Crippen LogP contribution in [0.1, 0.15) is 16.7 Å². The van der Waals surface area contributed by atoms with Crippen LogP contribution in [0.3, 0.4) is 0 Å². The first-order chi connectivity index (χ1) is 12.6. The molecule has 1 unspecified atom stereocenters. The van der Waals surface area contributed by atoms with Crippen molar-refractivity contribution in [2.75, 3.05) is 12.9 Å². The third-order valence-corrected chi connectivity index (χ3v) is 5.48. The number of sulfone groups is 1. The molecule has 1 aliphatic rings. The molecule has 0 aromatic heterocycles. The van der Waals surface area contributed by atoms with Crippen molar-refractivity contribution in [2.24, 2.45) is 5.92 Å². The topological polar surface area (TPSA) is 34.1 Å². The highest BCUT2D eigenvalue weighted by atomic mass is 32.2. The van der Waals surface area contributed by atoms with E-state index in [4.69, 9.17) is 0 Å². The Kier molecular flexibility index (Phi) is 4.99. The largest absolute Gasteiger partial charge is 0.416 e. The molecule has 2 aromatic carbocycles. The van der Waals surface area contributed by atoms with Gasteiger partial charge < -0.3 is 0 Å². The Morgan fingerprint density at radius 1 is 0.852 bits per heavy atom. The highest BCUT2D eigenvalue weighted by Gasteiger charge is 2.30. The first kappa shape index (κ1) is 19.4. The zero-order valence-corrected chi connectivity index (χ0v) is 15.1. The van der Waals surface area contributed by atoms with Crippen LogP contribution in [0.2, 0.25) is 0 Å². The number of allylic oxidation sites excluding steroid dienone is 4. The van der Waals surface area contributed by atoms with Gasteiger partial charge in [-0.15, -0.1) is 0 Å². The van der Waals surface area contributed by atoms with Crippen LogP contribution in [-0.4, -0.2) is 21.3 Å².